The molecular formula is C25H34N4O2. The van der Waals surface area contributed by atoms with Crippen molar-refractivity contribution in [1.29, 1.82) is 0 Å². The van der Waals surface area contributed by atoms with Crippen molar-refractivity contribution in [2.45, 2.75) is 62.1 Å². The van der Waals surface area contributed by atoms with Crippen LogP contribution in [-0.4, -0.2) is 74.2 Å². The summed E-state index contributed by atoms with van der Waals surface area (Å²) in [5, 5.41) is 27.2. The van der Waals surface area contributed by atoms with E-state index in [1.807, 2.05) is 35.3 Å². The van der Waals surface area contributed by atoms with Crippen molar-refractivity contribution in [2.24, 2.45) is 5.92 Å². The molecule has 2 saturated heterocycles. The third-order valence-corrected chi connectivity index (χ3v) is 8.73. The smallest absolute Gasteiger partial charge is 0.115 e. The second-order valence-corrected chi connectivity index (χ2v) is 10.4. The van der Waals surface area contributed by atoms with Gasteiger partial charge in [0.1, 0.15) is 5.75 Å². The minimum Gasteiger partial charge on any atom is -0.508 e. The second kappa shape index (κ2) is 7.32. The molecule has 2 aliphatic heterocycles. The van der Waals surface area contributed by atoms with E-state index in [4.69, 9.17) is 0 Å². The quantitative estimate of drug-likeness (QED) is 0.775. The van der Waals surface area contributed by atoms with Gasteiger partial charge in [-0.15, -0.1) is 0 Å². The predicted molar refractivity (Wildman–Crippen MR) is 119 cm³/mol. The van der Waals surface area contributed by atoms with Crippen LogP contribution in [0.5, 0.6) is 5.75 Å². The van der Waals surface area contributed by atoms with Gasteiger partial charge < -0.3 is 15.1 Å². The maximum absolute atomic E-state index is 12.5. The van der Waals surface area contributed by atoms with E-state index in [1.54, 1.807) is 0 Å². The Balaban J connectivity index is 1.33. The number of aliphatic hydroxyl groups is 1. The fraction of sp³-hybridized carbons (Fsp3) is 0.640. The van der Waals surface area contributed by atoms with Crippen LogP contribution in [0.1, 0.15) is 43.2 Å². The number of fused-ring (bicyclic) bond motifs is 1. The fourth-order valence-corrected chi connectivity index (χ4v) is 6.81. The molecule has 3 fully saturated rings. The molecule has 166 valence electrons. The molecule has 3 heterocycles. The average molecular weight is 423 g/mol. The van der Waals surface area contributed by atoms with E-state index in [0.29, 0.717) is 5.75 Å². The first-order valence-corrected chi connectivity index (χ1v) is 12.1. The third kappa shape index (κ3) is 3.22. The average Bonchev–Trinajstić information content (AvgIpc) is 3.46. The summed E-state index contributed by atoms with van der Waals surface area (Å²) >= 11 is 0. The number of hydrogen-bond acceptors (Lipinski definition) is 5. The van der Waals surface area contributed by atoms with Crippen molar-refractivity contribution in [3.63, 3.8) is 0 Å². The molecule has 1 aromatic carbocycles. The normalized spacial score (nSPS) is 33.5. The van der Waals surface area contributed by atoms with Crippen molar-refractivity contribution in [2.75, 3.05) is 32.7 Å². The van der Waals surface area contributed by atoms with Gasteiger partial charge in [-0.1, -0.05) is 6.07 Å². The number of nitrogens with zero attached hydrogens (tertiary/aromatic N) is 4. The highest BCUT2D eigenvalue weighted by molar-refractivity contribution is 5.48. The molecule has 0 radical (unpaired) electrons. The highest BCUT2D eigenvalue weighted by Crippen LogP contribution is 2.56. The highest BCUT2D eigenvalue weighted by Gasteiger charge is 2.63. The van der Waals surface area contributed by atoms with Gasteiger partial charge in [0.15, 0.2) is 0 Å². The maximum Gasteiger partial charge on any atom is 0.115 e. The van der Waals surface area contributed by atoms with Gasteiger partial charge in [0.25, 0.3) is 0 Å². The van der Waals surface area contributed by atoms with Gasteiger partial charge in [0.05, 0.1) is 12.1 Å². The van der Waals surface area contributed by atoms with Gasteiger partial charge in [-0.2, -0.15) is 5.10 Å². The number of benzene rings is 1. The molecule has 0 spiro atoms. The summed E-state index contributed by atoms with van der Waals surface area (Å²) in [6, 6.07) is 8.06. The first-order chi connectivity index (χ1) is 15.1. The number of hydrogen-bond donors (Lipinski definition) is 2. The molecule has 1 aromatic heterocycles. The molecule has 0 unspecified atom stereocenters. The summed E-state index contributed by atoms with van der Waals surface area (Å²) in [4.78, 5) is 5.13. The molecule has 6 nitrogen and oxygen atoms in total. The Labute approximate surface area is 184 Å². The van der Waals surface area contributed by atoms with E-state index in [2.05, 4.69) is 21.0 Å². The van der Waals surface area contributed by atoms with Crippen molar-refractivity contribution in [3.05, 3.63) is 47.8 Å². The van der Waals surface area contributed by atoms with Crippen LogP contribution in [0.25, 0.3) is 0 Å². The summed E-state index contributed by atoms with van der Waals surface area (Å²) in [5.74, 6) is 1.16. The van der Waals surface area contributed by atoms with Crippen LogP contribution in [0.3, 0.4) is 0 Å². The van der Waals surface area contributed by atoms with E-state index in [1.165, 1.54) is 24.0 Å². The molecule has 1 saturated carbocycles. The summed E-state index contributed by atoms with van der Waals surface area (Å²) < 4.78 is 1.99. The summed E-state index contributed by atoms with van der Waals surface area (Å²) in [7, 11) is 0. The van der Waals surface area contributed by atoms with Gasteiger partial charge in [0.2, 0.25) is 0 Å². The van der Waals surface area contributed by atoms with E-state index in [-0.39, 0.29) is 11.5 Å². The van der Waals surface area contributed by atoms with Crippen LogP contribution in [0, 0.1) is 5.92 Å². The van der Waals surface area contributed by atoms with E-state index in [0.717, 1.165) is 70.9 Å². The Bertz CT molecular complexity index is 943. The standard InChI is InChI=1S/C25H34N4O2/c30-21-5-4-20-16-23-25(31)8-12-27(14-15-29-10-1-9-26-29)11-6-24(25,22(20)17-21)7-13-28(23)18-19-2-3-19/h1,4-5,9-10,17,19,23,30-31H,2-3,6-8,11-16,18H2/t23-,24+,25-/m1/s1. The van der Waals surface area contributed by atoms with Gasteiger partial charge in [0, 0.05) is 43.5 Å². The Morgan fingerprint density at radius 3 is 2.71 bits per heavy atom. The molecule has 2 aliphatic carbocycles. The van der Waals surface area contributed by atoms with E-state index < -0.39 is 5.60 Å². The Morgan fingerprint density at radius 2 is 1.90 bits per heavy atom. The minimum atomic E-state index is -0.735. The van der Waals surface area contributed by atoms with Crippen LogP contribution in [0.15, 0.2) is 36.7 Å². The van der Waals surface area contributed by atoms with Crippen molar-refractivity contribution in [3.8, 4) is 5.75 Å². The van der Waals surface area contributed by atoms with Crippen LogP contribution in [0.4, 0.5) is 0 Å². The van der Waals surface area contributed by atoms with Crippen LogP contribution in [-0.2, 0) is 18.4 Å². The fourth-order valence-electron chi connectivity index (χ4n) is 6.81. The molecule has 2 bridgehead atoms. The predicted octanol–water partition coefficient (Wildman–Crippen LogP) is 2.39. The first kappa shape index (κ1) is 19.8. The topological polar surface area (TPSA) is 64.8 Å². The van der Waals surface area contributed by atoms with Crippen molar-refractivity contribution in [1.82, 2.24) is 19.6 Å². The monoisotopic (exact) mass is 422 g/mol. The zero-order valence-electron chi connectivity index (χ0n) is 18.3. The maximum atomic E-state index is 12.5. The number of aromatic nitrogens is 2. The lowest BCUT2D eigenvalue weighted by Gasteiger charge is -2.61. The molecule has 2 N–H and O–H groups in total. The Morgan fingerprint density at radius 1 is 1.06 bits per heavy atom. The summed E-state index contributed by atoms with van der Waals surface area (Å²) in [6.45, 7) is 5.94. The number of aromatic hydroxyl groups is 1. The van der Waals surface area contributed by atoms with E-state index in [9.17, 15) is 10.2 Å². The Kier molecular flexibility index (Phi) is 4.67. The molecule has 4 aliphatic rings. The number of likely N-dealkylation sites (tertiary alicyclic amines) is 2. The minimum absolute atomic E-state index is 0.185. The summed E-state index contributed by atoms with van der Waals surface area (Å²) in [5.41, 5.74) is 1.55. The Hall–Kier alpha value is -1.89. The molecule has 6 rings (SSSR count). The lowest BCUT2D eigenvalue weighted by atomic mass is 9.52. The van der Waals surface area contributed by atoms with Gasteiger partial charge in [-0.3, -0.25) is 9.58 Å². The number of piperidine rings is 1. The third-order valence-electron chi connectivity index (χ3n) is 8.73. The molecule has 0 amide bonds. The lowest BCUT2D eigenvalue weighted by Crippen LogP contribution is -2.71. The van der Waals surface area contributed by atoms with Gasteiger partial charge in [-0.25, -0.2) is 0 Å². The van der Waals surface area contributed by atoms with Crippen LogP contribution in [0.2, 0.25) is 0 Å². The van der Waals surface area contributed by atoms with Gasteiger partial charge in [-0.05, 0) is 86.9 Å². The zero-order valence-corrected chi connectivity index (χ0v) is 18.3. The molecule has 2 aromatic rings. The summed E-state index contributed by atoms with van der Waals surface area (Å²) in [6.07, 6.45) is 10.2. The SMILES string of the molecule is Oc1ccc2c(c1)[C@@]13CCN(CCn4cccn4)CC[C@@]1(O)[C@@H](C2)N(CC1CC1)CC3. The highest BCUT2D eigenvalue weighted by atomic mass is 16.3. The van der Waals surface area contributed by atoms with Crippen molar-refractivity contribution >= 4 is 0 Å². The lowest BCUT2D eigenvalue weighted by molar-refractivity contribution is -0.149. The van der Waals surface area contributed by atoms with E-state index >= 15 is 0 Å². The second-order valence-electron chi connectivity index (χ2n) is 10.4. The van der Waals surface area contributed by atoms with Crippen LogP contribution >= 0.6 is 0 Å². The van der Waals surface area contributed by atoms with Crippen molar-refractivity contribution < 1.29 is 10.2 Å². The number of phenolic OH excluding ortho intramolecular Hbond substituents is 1. The number of rotatable bonds is 5. The number of phenols is 1. The van der Waals surface area contributed by atoms with Crippen LogP contribution < -0.4 is 0 Å². The molecule has 31 heavy (non-hydrogen) atoms. The first-order valence-electron chi connectivity index (χ1n) is 12.1. The molecular weight excluding hydrogens is 388 g/mol. The largest absolute Gasteiger partial charge is 0.508 e. The molecule has 6 heteroatoms. The molecule has 3 atom stereocenters. The zero-order chi connectivity index (χ0) is 21.1. The van der Waals surface area contributed by atoms with Gasteiger partial charge >= 0.3 is 0 Å².